The molecule has 21 rings (SSSR count). The van der Waals surface area contributed by atoms with E-state index in [1.807, 2.05) is 71.2 Å². The third kappa shape index (κ3) is 11.9. The van der Waals surface area contributed by atoms with Gasteiger partial charge in [0.25, 0.3) is 0 Å². The van der Waals surface area contributed by atoms with Crippen LogP contribution in [-0.4, -0.2) is 29.9 Å². The van der Waals surface area contributed by atoms with Gasteiger partial charge in [-0.15, -0.1) is 34.0 Å². The van der Waals surface area contributed by atoms with Crippen LogP contribution in [0.5, 0.6) is 0 Å². The molecule has 21 aromatic rings. The second-order valence-electron chi connectivity index (χ2n) is 26.8. The number of benzene rings is 14. The number of aromatic nitrogens is 6. The lowest BCUT2D eigenvalue weighted by molar-refractivity contribution is 1.18. The number of hydrogen-bond acceptors (Lipinski definition) is 9. The number of hydrogen-bond donors (Lipinski definition) is 0. The van der Waals surface area contributed by atoms with E-state index in [1.54, 1.807) is 11.3 Å². The summed E-state index contributed by atoms with van der Waals surface area (Å²) in [7, 11) is 0. The van der Waals surface area contributed by atoms with Crippen molar-refractivity contribution in [1.82, 2.24) is 29.9 Å². The van der Waals surface area contributed by atoms with Crippen molar-refractivity contribution in [2.75, 3.05) is 0 Å². The van der Waals surface area contributed by atoms with E-state index in [0.29, 0.717) is 11.6 Å². The van der Waals surface area contributed by atoms with Gasteiger partial charge >= 0.3 is 0 Å². The molecule has 7 aromatic heterocycles. The molecule has 0 fully saturated rings. The van der Waals surface area contributed by atoms with Gasteiger partial charge in [0.1, 0.15) is 0 Å². The summed E-state index contributed by atoms with van der Waals surface area (Å²) < 4.78 is 7.48. The highest BCUT2D eigenvalue weighted by Crippen LogP contribution is 2.48. The zero-order chi connectivity index (χ0) is 70.7. The lowest BCUT2D eigenvalue weighted by atomic mass is 9.96. The van der Waals surface area contributed by atoms with Crippen molar-refractivity contribution in [1.29, 1.82) is 0 Å². The van der Waals surface area contributed by atoms with Crippen LogP contribution in [0.3, 0.4) is 0 Å². The Morgan fingerprint density at radius 1 is 0.178 bits per heavy atom. The molecular weight excluding hydrogens is 1360 g/mol. The monoisotopic (exact) mass is 1420 g/mol. The highest BCUT2D eigenvalue weighted by molar-refractivity contribution is 7.27. The molecule has 0 saturated carbocycles. The molecule has 0 unspecified atom stereocenters. The Kier molecular flexibility index (Phi) is 16.0. The molecule has 0 radical (unpaired) electrons. The van der Waals surface area contributed by atoms with Crippen LogP contribution in [0.2, 0.25) is 0 Å². The molecular formula is C98H60N6S3. The topological polar surface area (TPSA) is 77.3 Å². The van der Waals surface area contributed by atoms with Crippen LogP contribution in [-0.2, 0) is 0 Å². The minimum absolute atomic E-state index is 0.683. The first kappa shape index (κ1) is 63.4. The summed E-state index contributed by atoms with van der Waals surface area (Å²) in [5.41, 5.74) is 22.9. The van der Waals surface area contributed by atoms with E-state index in [1.165, 1.54) is 99.3 Å². The zero-order valence-electron chi connectivity index (χ0n) is 57.5. The Morgan fingerprint density at radius 2 is 0.495 bits per heavy atom. The maximum atomic E-state index is 5.44. The Hall–Kier alpha value is -13.3. The quantitative estimate of drug-likeness (QED) is 0.128. The van der Waals surface area contributed by atoms with Crippen molar-refractivity contribution in [3.8, 4) is 124 Å². The lowest BCUT2D eigenvalue weighted by Crippen LogP contribution is -1.96. The minimum Gasteiger partial charge on any atom is -0.246 e. The molecule has 9 heteroatoms. The van der Waals surface area contributed by atoms with Gasteiger partial charge < -0.3 is 0 Å². The van der Waals surface area contributed by atoms with Gasteiger partial charge in [-0.25, -0.2) is 29.9 Å². The van der Waals surface area contributed by atoms with E-state index in [2.05, 4.69) is 315 Å². The lowest BCUT2D eigenvalue weighted by Gasteiger charge is -2.12. The highest BCUT2D eigenvalue weighted by Gasteiger charge is 2.23. The van der Waals surface area contributed by atoms with E-state index in [4.69, 9.17) is 29.9 Å². The molecule has 0 aliphatic rings. The Labute approximate surface area is 629 Å². The molecule has 6 nitrogen and oxygen atoms in total. The fourth-order valence-electron chi connectivity index (χ4n) is 15.0. The van der Waals surface area contributed by atoms with Gasteiger partial charge in [0.2, 0.25) is 0 Å². The Balaban J connectivity index is 0.000000141. The van der Waals surface area contributed by atoms with Gasteiger partial charge in [0.05, 0.1) is 54.6 Å². The first-order valence-electron chi connectivity index (χ1n) is 35.8. The van der Waals surface area contributed by atoms with Gasteiger partial charge in [-0.2, -0.15) is 0 Å². The van der Waals surface area contributed by atoms with Gasteiger partial charge in [-0.05, 0) is 112 Å². The SMILES string of the molecule is c1ccc(-c2cc(-c3ccccc3)nc(-c3cccc(-c4nc5ccc(-c6cccc7sc8ccccc8c67)cc5c5c4sc4ccccc45)c3)n2)cc1.c1ccc(-c2cccc(-c3ccc4nc(-c5cccc(-c6nc(-c7ccccc7)cc(-c7ccccc7)n6)c5)c5sc6ccccc6c5c4c3)c2)cc1. The smallest absolute Gasteiger partial charge is 0.160 e. The zero-order valence-corrected chi connectivity index (χ0v) is 60.0. The molecule has 0 atom stereocenters. The summed E-state index contributed by atoms with van der Waals surface area (Å²) in [4.78, 5) is 31.3. The third-order valence-electron chi connectivity index (χ3n) is 20.2. The van der Waals surface area contributed by atoms with Crippen LogP contribution in [0.1, 0.15) is 0 Å². The predicted octanol–water partition coefficient (Wildman–Crippen LogP) is 27.5. The predicted molar refractivity (Wildman–Crippen MR) is 453 cm³/mol. The molecule has 0 N–H and O–H groups in total. The molecule has 7 heterocycles. The largest absolute Gasteiger partial charge is 0.246 e. The molecule has 500 valence electrons. The second-order valence-corrected chi connectivity index (χ2v) is 30.0. The van der Waals surface area contributed by atoms with Crippen molar-refractivity contribution in [2.24, 2.45) is 0 Å². The normalized spacial score (nSPS) is 11.6. The van der Waals surface area contributed by atoms with Crippen molar-refractivity contribution in [2.45, 2.75) is 0 Å². The van der Waals surface area contributed by atoms with Crippen molar-refractivity contribution < 1.29 is 0 Å². The fraction of sp³-hybridized carbons (Fsp3) is 0. The highest BCUT2D eigenvalue weighted by atomic mass is 32.1. The van der Waals surface area contributed by atoms with Crippen LogP contribution in [0.25, 0.3) is 206 Å². The van der Waals surface area contributed by atoms with Crippen LogP contribution >= 0.6 is 34.0 Å². The molecule has 14 aromatic carbocycles. The molecule has 0 aliphatic carbocycles. The van der Waals surface area contributed by atoms with Gasteiger partial charge in [-0.1, -0.05) is 285 Å². The first-order valence-corrected chi connectivity index (χ1v) is 38.2. The van der Waals surface area contributed by atoms with E-state index < -0.39 is 0 Å². The van der Waals surface area contributed by atoms with Gasteiger partial charge in [-0.3, -0.25) is 0 Å². The first-order chi connectivity index (χ1) is 53.0. The Bertz CT molecular complexity index is 6880. The van der Waals surface area contributed by atoms with Crippen LogP contribution in [0.15, 0.2) is 364 Å². The average molecular weight is 1420 g/mol. The maximum absolute atomic E-state index is 5.44. The summed E-state index contributed by atoms with van der Waals surface area (Å²) in [5.74, 6) is 1.37. The number of pyridine rings is 2. The van der Waals surface area contributed by atoms with E-state index in [9.17, 15) is 0 Å². The van der Waals surface area contributed by atoms with E-state index >= 15 is 0 Å². The van der Waals surface area contributed by atoms with Crippen LogP contribution in [0.4, 0.5) is 0 Å². The molecule has 0 bridgehead atoms. The summed E-state index contributed by atoms with van der Waals surface area (Å²) >= 11 is 5.48. The van der Waals surface area contributed by atoms with Crippen molar-refractivity contribution in [3.05, 3.63) is 364 Å². The summed E-state index contributed by atoms with van der Waals surface area (Å²) in [6.45, 7) is 0. The van der Waals surface area contributed by atoms with Crippen molar-refractivity contribution in [3.63, 3.8) is 0 Å². The standard InChI is InChI=1S/C49H29N3S2.C49H31N3S/c1-3-13-30(14-4-1)40-29-41(31-15-5-2-6-16-31)52-49(51-40)34-18-11-17-33(27-34)47-48-46(37-20-8-10-23-43(37)54-48)38-28-32(25-26-39(38)50-47)35-21-12-24-44-45(35)36-19-7-9-22-42(36)53-44;1-4-14-32(15-5-1)35-20-12-21-36(28-35)37-26-27-42-41(30-37)46-40-24-10-11-25-45(40)53-48(46)47(50-42)38-22-13-23-39(29-38)49-51-43(33-16-6-2-7-17-33)31-44(52-49)34-18-8-3-9-19-34/h1-29H;1-31H. The fourth-order valence-corrected chi connectivity index (χ4v) is 18.6. The maximum Gasteiger partial charge on any atom is 0.160 e. The Morgan fingerprint density at radius 3 is 0.953 bits per heavy atom. The number of thiophene rings is 3. The van der Waals surface area contributed by atoms with Gasteiger partial charge in [0.15, 0.2) is 11.6 Å². The van der Waals surface area contributed by atoms with E-state index in [0.717, 1.165) is 95.1 Å². The number of rotatable bonds is 11. The summed E-state index contributed by atoms with van der Waals surface area (Å²) in [5, 5.41) is 9.95. The second kappa shape index (κ2) is 27.1. The average Bonchev–Trinajstić information content (AvgIpc) is 1.62. The summed E-state index contributed by atoms with van der Waals surface area (Å²) in [6.07, 6.45) is 0. The molecule has 0 amide bonds. The van der Waals surface area contributed by atoms with Gasteiger partial charge in [0, 0.05) is 106 Å². The molecule has 0 aliphatic heterocycles. The van der Waals surface area contributed by atoms with Crippen molar-refractivity contribution >= 4 is 116 Å². The molecule has 0 saturated heterocycles. The minimum atomic E-state index is 0.683. The van der Waals surface area contributed by atoms with Crippen LogP contribution < -0.4 is 0 Å². The summed E-state index contributed by atoms with van der Waals surface area (Å²) in [6, 6.07) is 128. The number of nitrogens with zero attached hydrogens (tertiary/aromatic N) is 6. The molecule has 107 heavy (non-hydrogen) atoms. The van der Waals surface area contributed by atoms with E-state index in [-0.39, 0.29) is 0 Å². The number of fused-ring (bicyclic) bond motifs is 13. The van der Waals surface area contributed by atoms with Crippen LogP contribution in [0, 0.1) is 0 Å². The molecule has 0 spiro atoms. The third-order valence-corrected chi connectivity index (χ3v) is 23.6.